The summed E-state index contributed by atoms with van der Waals surface area (Å²) in [5.74, 6) is 0.104. The van der Waals surface area contributed by atoms with Gasteiger partial charge in [0, 0.05) is 16.2 Å². The lowest BCUT2D eigenvalue weighted by atomic mass is 10.1. The van der Waals surface area contributed by atoms with Gasteiger partial charge in [-0.2, -0.15) is 0 Å². The van der Waals surface area contributed by atoms with E-state index >= 15 is 0 Å². The van der Waals surface area contributed by atoms with Gasteiger partial charge >= 0.3 is 0 Å². The number of hydrogen-bond acceptors (Lipinski definition) is 3. The lowest BCUT2D eigenvalue weighted by Gasteiger charge is -2.23. The second kappa shape index (κ2) is 6.43. The molecule has 1 aromatic carbocycles. The first-order valence-electron chi connectivity index (χ1n) is 6.15. The lowest BCUT2D eigenvalue weighted by molar-refractivity contribution is 0.424. The van der Waals surface area contributed by atoms with Crippen LogP contribution in [0.1, 0.15) is 19.3 Å². The highest BCUT2D eigenvalue weighted by molar-refractivity contribution is 9.10. The van der Waals surface area contributed by atoms with Crippen molar-refractivity contribution in [2.24, 2.45) is 0 Å². The van der Waals surface area contributed by atoms with Gasteiger partial charge < -0.3 is 5.32 Å². The predicted molar refractivity (Wildman–Crippen MR) is 82.2 cm³/mol. The van der Waals surface area contributed by atoms with Gasteiger partial charge in [0.15, 0.2) is 0 Å². The minimum atomic E-state index is -3.34. The SMILES string of the molecule is O=S(=O)(CC1CCCCN1)Nc1ccc(Cl)c(Br)c1. The number of anilines is 1. The maximum absolute atomic E-state index is 12.1. The Morgan fingerprint density at radius 2 is 2.21 bits per heavy atom. The van der Waals surface area contributed by atoms with Crippen LogP contribution in [0.5, 0.6) is 0 Å². The highest BCUT2D eigenvalue weighted by Crippen LogP contribution is 2.26. The zero-order valence-electron chi connectivity index (χ0n) is 10.3. The Labute approximate surface area is 127 Å². The van der Waals surface area contributed by atoms with Gasteiger partial charge in [-0.1, -0.05) is 18.0 Å². The van der Waals surface area contributed by atoms with E-state index in [1.807, 2.05) is 0 Å². The van der Waals surface area contributed by atoms with Gasteiger partial charge in [-0.3, -0.25) is 4.72 Å². The highest BCUT2D eigenvalue weighted by atomic mass is 79.9. The first-order chi connectivity index (χ1) is 8.96. The monoisotopic (exact) mass is 366 g/mol. The molecule has 0 radical (unpaired) electrons. The summed E-state index contributed by atoms with van der Waals surface area (Å²) in [4.78, 5) is 0. The second-order valence-corrected chi connectivity index (χ2v) is 7.69. The largest absolute Gasteiger partial charge is 0.313 e. The molecule has 0 bridgehead atoms. The molecule has 1 aromatic rings. The molecule has 106 valence electrons. The van der Waals surface area contributed by atoms with Crippen LogP contribution in [0.3, 0.4) is 0 Å². The maximum Gasteiger partial charge on any atom is 0.234 e. The van der Waals surface area contributed by atoms with Crippen molar-refractivity contribution in [1.29, 1.82) is 0 Å². The van der Waals surface area contributed by atoms with Gasteiger partial charge in [-0.15, -0.1) is 0 Å². The van der Waals surface area contributed by atoms with Crippen LogP contribution in [-0.4, -0.2) is 26.8 Å². The zero-order valence-corrected chi connectivity index (χ0v) is 13.5. The van der Waals surface area contributed by atoms with E-state index in [2.05, 4.69) is 26.0 Å². The Hall–Kier alpha value is -0.300. The molecule has 2 rings (SSSR count). The molecule has 1 aliphatic heterocycles. The summed E-state index contributed by atoms with van der Waals surface area (Å²) < 4.78 is 27.4. The van der Waals surface area contributed by atoms with E-state index in [0.29, 0.717) is 15.2 Å². The fraction of sp³-hybridized carbons (Fsp3) is 0.500. The first kappa shape index (κ1) is 15.1. The standard InChI is InChI=1S/C12H16BrClN2O2S/c13-11-7-9(4-5-12(11)14)16-19(17,18)8-10-3-1-2-6-15-10/h4-5,7,10,15-16H,1-3,6,8H2. The Balaban J connectivity index is 2.01. The Kier molecular flexibility index (Phi) is 5.11. The number of halogens is 2. The molecule has 0 aliphatic carbocycles. The van der Waals surface area contributed by atoms with Crippen molar-refractivity contribution in [3.8, 4) is 0 Å². The Morgan fingerprint density at radius 3 is 2.84 bits per heavy atom. The molecule has 0 spiro atoms. The third-order valence-corrected chi connectivity index (χ3v) is 5.63. The normalized spacial score (nSPS) is 20.2. The molecule has 1 saturated heterocycles. The highest BCUT2D eigenvalue weighted by Gasteiger charge is 2.21. The number of rotatable bonds is 4. The average Bonchev–Trinajstić information content (AvgIpc) is 2.34. The molecule has 19 heavy (non-hydrogen) atoms. The zero-order chi connectivity index (χ0) is 13.9. The molecule has 0 saturated carbocycles. The van der Waals surface area contributed by atoms with E-state index in [-0.39, 0.29) is 11.8 Å². The minimum Gasteiger partial charge on any atom is -0.313 e. The molecular formula is C12H16BrClN2O2S. The maximum atomic E-state index is 12.1. The molecule has 0 amide bonds. The molecule has 0 aromatic heterocycles. The van der Waals surface area contributed by atoms with Crippen LogP contribution in [-0.2, 0) is 10.0 Å². The summed E-state index contributed by atoms with van der Waals surface area (Å²) in [5.41, 5.74) is 0.520. The topological polar surface area (TPSA) is 58.2 Å². The van der Waals surface area contributed by atoms with Crippen LogP contribution in [0.15, 0.2) is 22.7 Å². The summed E-state index contributed by atoms with van der Waals surface area (Å²) in [6, 6.07) is 5.01. The van der Waals surface area contributed by atoms with Crippen LogP contribution < -0.4 is 10.0 Å². The van der Waals surface area contributed by atoms with Crippen LogP contribution >= 0.6 is 27.5 Å². The van der Waals surface area contributed by atoms with Crippen molar-refractivity contribution in [3.05, 3.63) is 27.7 Å². The molecule has 7 heteroatoms. The van der Waals surface area contributed by atoms with Crippen LogP contribution in [0.25, 0.3) is 0 Å². The molecule has 1 atom stereocenters. The number of benzene rings is 1. The summed E-state index contributed by atoms with van der Waals surface area (Å²) in [7, 11) is -3.34. The van der Waals surface area contributed by atoms with Gasteiger partial charge in [0.1, 0.15) is 0 Å². The molecular weight excluding hydrogens is 352 g/mol. The summed E-state index contributed by atoms with van der Waals surface area (Å²) in [5, 5.41) is 3.78. The van der Waals surface area contributed by atoms with Gasteiger partial charge in [-0.25, -0.2) is 8.42 Å². The lowest BCUT2D eigenvalue weighted by Crippen LogP contribution is -2.40. The third kappa shape index (κ3) is 4.63. The van der Waals surface area contributed by atoms with Crippen molar-refractivity contribution in [2.45, 2.75) is 25.3 Å². The van der Waals surface area contributed by atoms with E-state index in [0.717, 1.165) is 25.8 Å². The summed E-state index contributed by atoms with van der Waals surface area (Å²) in [6.45, 7) is 0.896. The van der Waals surface area contributed by atoms with Gasteiger partial charge in [-0.05, 0) is 53.5 Å². The van der Waals surface area contributed by atoms with Crippen molar-refractivity contribution < 1.29 is 8.42 Å². The number of nitrogens with one attached hydrogen (secondary N) is 2. The van der Waals surface area contributed by atoms with E-state index in [1.54, 1.807) is 18.2 Å². The van der Waals surface area contributed by atoms with Crippen LogP contribution in [0, 0.1) is 0 Å². The van der Waals surface area contributed by atoms with Crippen molar-refractivity contribution in [1.82, 2.24) is 5.32 Å². The second-order valence-electron chi connectivity index (χ2n) is 4.66. The first-order valence-corrected chi connectivity index (χ1v) is 8.97. The number of piperidine rings is 1. The molecule has 2 N–H and O–H groups in total. The number of hydrogen-bond donors (Lipinski definition) is 2. The fourth-order valence-corrected chi connectivity index (χ4v) is 3.99. The molecule has 1 fully saturated rings. The predicted octanol–water partition coefficient (Wildman–Crippen LogP) is 2.99. The molecule has 1 heterocycles. The van der Waals surface area contributed by atoms with Crippen molar-refractivity contribution >= 4 is 43.2 Å². The van der Waals surface area contributed by atoms with E-state index in [4.69, 9.17) is 11.6 Å². The van der Waals surface area contributed by atoms with Crippen molar-refractivity contribution in [2.75, 3.05) is 17.0 Å². The molecule has 1 unspecified atom stereocenters. The van der Waals surface area contributed by atoms with Gasteiger partial charge in [0.05, 0.1) is 10.8 Å². The fourth-order valence-electron chi connectivity index (χ4n) is 2.11. The Morgan fingerprint density at radius 1 is 1.42 bits per heavy atom. The van der Waals surface area contributed by atoms with Gasteiger partial charge in [0.25, 0.3) is 0 Å². The number of sulfonamides is 1. The molecule has 1 aliphatic rings. The summed E-state index contributed by atoms with van der Waals surface area (Å²) in [6.07, 6.45) is 3.11. The van der Waals surface area contributed by atoms with Gasteiger partial charge in [0.2, 0.25) is 10.0 Å². The van der Waals surface area contributed by atoms with Crippen molar-refractivity contribution in [3.63, 3.8) is 0 Å². The smallest absolute Gasteiger partial charge is 0.234 e. The minimum absolute atomic E-state index is 0.0435. The third-order valence-electron chi connectivity index (χ3n) is 3.03. The van der Waals surface area contributed by atoms with E-state index in [1.165, 1.54) is 0 Å². The average molecular weight is 368 g/mol. The summed E-state index contributed by atoms with van der Waals surface area (Å²) >= 11 is 9.15. The quantitative estimate of drug-likeness (QED) is 0.860. The van der Waals surface area contributed by atoms with Crippen LogP contribution in [0.2, 0.25) is 5.02 Å². The van der Waals surface area contributed by atoms with Crippen LogP contribution in [0.4, 0.5) is 5.69 Å². The van der Waals surface area contributed by atoms with E-state index < -0.39 is 10.0 Å². The van der Waals surface area contributed by atoms with E-state index in [9.17, 15) is 8.42 Å². The molecule has 4 nitrogen and oxygen atoms in total. The Bertz CT molecular complexity index is 545.